The van der Waals surface area contributed by atoms with E-state index in [9.17, 15) is 41.0 Å². The van der Waals surface area contributed by atoms with E-state index in [1.165, 1.54) is 4.90 Å². The molecule has 0 saturated carbocycles. The number of alkyl halides is 6. The van der Waals surface area contributed by atoms with E-state index in [0.29, 0.717) is 13.0 Å². The molecule has 2 amide bonds. The van der Waals surface area contributed by atoms with Crippen LogP contribution in [0.3, 0.4) is 0 Å². The molecular formula is C17H20F6N4O5. The molecule has 0 aromatic carbocycles. The number of halogens is 6. The van der Waals surface area contributed by atoms with Crippen LogP contribution in [0, 0.1) is 0 Å². The van der Waals surface area contributed by atoms with Gasteiger partial charge in [0.25, 0.3) is 11.8 Å². The smallest absolute Gasteiger partial charge is 0.421 e. The average molecular weight is 474 g/mol. The molecule has 32 heavy (non-hydrogen) atoms. The molecule has 1 aliphatic rings. The topological polar surface area (TPSA) is 127 Å². The third kappa shape index (κ3) is 6.12. The summed E-state index contributed by atoms with van der Waals surface area (Å²) >= 11 is 0. The molecule has 1 saturated heterocycles. The fourth-order valence-corrected chi connectivity index (χ4v) is 2.48. The molecule has 1 aliphatic heterocycles. The van der Waals surface area contributed by atoms with Crippen molar-refractivity contribution in [2.75, 3.05) is 45.2 Å². The Hall–Kier alpha value is -2.81. The van der Waals surface area contributed by atoms with E-state index in [1.54, 1.807) is 5.32 Å². The minimum Gasteiger partial charge on any atom is -0.467 e. The van der Waals surface area contributed by atoms with Crippen molar-refractivity contribution in [1.82, 2.24) is 15.2 Å². The van der Waals surface area contributed by atoms with Crippen LogP contribution < -0.4 is 15.8 Å². The lowest BCUT2D eigenvalue weighted by atomic mass is 10.1. The van der Waals surface area contributed by atoms with Gasteiger partial charge >= 0.3 is 12.4 Å². The molecule has 1 aromatic heterocycles. The standard InChI is InChI=1S/C17H20F6N4O5/c1-15(30,17(21,22)23)8-25-13(29)12-10(24)6-9(16(18,19)20)14(26-12)32-7-11(28)27-2-4-31-5-3-27/h6,30H,2-5,7-8,24H2,1H3,(H,25,29). The fraction of sp³-hybridized carbons (Fsp3) is 0.588. The Labute approximate surface area is 177 Å². The lowest BCUT2D eigenvalue weighted by Crippen LogP contribution is -2.51. The van der Waals surface area contributed by atoms with Crippen LogP contribution in [0.25, 0.3) is 0 Å². The lowest BCUT2D eigenvalue weighted by molar-refractivity contribution is -0.249. The number of carbonyl (C=O) groups is 2. The number of amides is 2. The van der Waals surface area contributed by atoms with E-state index in [0.717, 1.165) is 0 Å². The van der Waals surface area contributed by atoms with Crippen LogP contribution in [0.2, 0.25) is 0 Å². The Morgan fingerprint density at radius 1 is 1.25 bits per heavy atom. The highest BCUT2D eigenvalue weighted by Crippen LogP contribution is 2.37. The van der Waals surface area contributed by atoms with Crippen LogP contribution in [-0.4, -0.2) is 78.0 Å². The van der Waals surface area contributed by atoms with Crippen LogP contribution in [0.4, 0.5) is 32.0 Å². The van der Waals surface area contributed by atoms with Gasteiger partial charge < -0.3 is 30.5 Å². The fourth-order valence-electron chi connectivity index (χ4n) is 2.48. The third-order valence-electron chi connectivity index (χ3n) is 4.44. The summed E-state index contributed by atoms with van der Waals surface area (Å²) in [5.74, 6) is -3.20. The molecule has 9 nitrogen and oxygen atoms in total. The molecule has 1 aromatic rings. The van der Waals surface area contributed by atoms with Crippen molar-refractivity contribution in [3.8, 4) is 5.88 Å². The Morgan fingerprint density at radius 2 is 1.84 bits per heavy atom. The van der Waals surface area contributed by atoms with Gasteiger partial charge in [-0.1, -0.05) is 0 Å². The number of carbonyl (C=O) groups excluding carboxylic acids is 2. The van der Waals surface area contributed by atoms with E-state index in [-0.39, 0.29) is 26.3 Å². The Bertz CT molecular complexity index is 853. The van der Waals surface area contributed by atoms with Crippen LogP contribution in [-0.2, 0) is 15.7 Å². The Morgan fingerprint density at radius 3 is 2.38 bits per heavy atom. The molecule has 0 spiro atoms. The molecule has 2 rings (SSSR count). The number of hydrogen-bond acceptors (Lipinski definition) is 7. The van der Waals surface area contributed by atoms with Crippen LogP contribution in [0.5, 0.6) is 5.88 Å². The number of hydrogen-bond donors (Lipinski definition) is 3. The molecule has 2 heterocycles. The summed E-state index contributed by atoms with van der Waals surface area (Å²) < 4.78 is 88.1. The number of nitrogens with one attached hydrogen (secondary N) is 1. The first-order valence-electron chi connectivity index (χ1n) is 9.07. The molecule has 4 N–H and O–H groups in total. The van der Waals surface area contributed by atoms with Gasteiger partial charge in [-0.2, -0.15) is 26.3 Å². The number of nitrogen functional groups attached to an aromatic ring is 1. The van der Waals surface area contributed by atoms with Crippen molar-refractivity contribution >= 4 is 17.5 Å². The second kappa shape index (κ2) is 9.36. The van der Waals surface area contributed by atoms with Gasteiger partial charge in [0.1, 0.15) is 5.56 Å². The molecule has 1 atom stereocenters. The van der Waals surface area contributed by atoms with Crippen molar-refractivity contribution in [2.45, 2.75) is 24.9 Å². The van der Waals surface area contributed by atoms with E-state index >= 15 is 0 Å². The summed E-state index contributed by atoms with van der Waals surface area (Å²) in [6.07, 6.45) is -10.1. The van der Waals surface area contributed by atoms with Crippen LogP contribution in [0.15, 0.2) is 6.07 Å². The summed E-state index contributed by atoms with van der Waals surface area (Å²) in [5, 5.41) is 11.1. The van der Waals surface area contributed by atoms with Gasteiger partial charge in [-0.3, -0.25) is 9.59 Å². The predicted molar refractivity (Wildman–Crippen MR) is 95.6 cm³/mol. The predicted octanol–water partition coefficient (Wildman–Crippen LogP) is 0.963. The number of anilines is 1. The normalized spacial score (nSPS) is 16.9. The number of nitrogens with zero attached hydrogens (tertiary/aromatic N) is 2. The maximum Gasteiger partial charge on any atom is 0.421 e. The second-order valence-electron chi connectivity index (χ2n) is 7.01. The summed E-state index contributed by atoms with van der Waals surface area (Å²) in [6.45, 7) is -0.875. The number of aliphatic hydroxyl groups is 1. The zero-order chi connectivity index (χ0) is 24.3. The van der Waals surface area contributed by atoms with Gasteiger partial charge in [-0.05, 0) is 13.0 Å². The maximum absolute atomic E-state index is 13.3. The first-order valence-corrected chi connectivity index (χ1v) is 9.07. The van der Waals surface area contributed by atoms with Crippen molar-refractivity contribution in [3.63, 3.8) is 0 Å². The first kappa shape index (κ1) is 25.5. The van der Waals surface area contributed by atoms with Gasteiger partial charge in [0.05, 0.1) is 25.4 Å². The minimum absolute atomic E-state index is 0.205. The van der Waals surface area contributed by atoms with Gasteiger partial charge in [0.15, 0.2) is 17.9 Å². The molecule has 1 unspecified atom stereocenters. The van der Waals surface area contributed by atoms with E-state index in [1.807, 2.05) is 0 Å². The monoisotopic (exact) mass is 474 g/mol. The highest BCUT2D eigenvalue weighted by atomic mass is 19.4. The van der Waals surface area contributed by atoms with E-state index in [4.69, 9.17) is 15.2 Å². The van der Waals surface area contributed by atoms with Gasteiger partial charge in [-0.15, -0.1) is 0 Å². The van der Waals surface area contributed by atoms with Crippen molar-refractivity contribution in [1.29, 1.82) is 0 Å². The Kier molecular flexibility index (Phi) is 7.44. The average Bonchev–Trinajstić information content (AvgIpc) is 2.69. The Balaban J connectivity index is 2.23. The van der Waals surface area contributed by atoms with Crippen LogP contribution in [0.1, 0.15) is 23.0 Å². The summed E-state index contributed by atoms with van der Waals surface area (Å²) in [7, 11) is 0. The van der Waals surface area contributed by atoms with Gasteiger partial charge in [0.2, 0.25) is 5.88 Å². The zero-order valence-corrected chi connectivity index (χ0v) is 16.6. The second-order valence-corrected chi connectivity index (χ2v) is 7.01. The van der Waals surface area contributed by atoms with Crippen molar-refractivity contribution < 1.29 is 50.5 Å². The zero-order valence-electron chi connectivity index (χ0n) is 16.6. The highest BCUT2D eigenvalue weighted by Gasteiger charge is 2.50. The molecule has 1 fully saturated rings. The molecule has 0 aliphatic carbocycles. The number of rotatable bonds is 6. The summed E-state index contributed by atoms with van der Waals surface area (Å²) in [6, 6.07) is 0.318. The number of morpholine rings is 1. The number of pyridine rings is 1. The molecule has 180 valence electrons. The summed E-state index contributed by atoms with van der Waals surface area (Å²) in [4.78, 5) is 29.0. The highest BCUT2D eigenvalue weighted by molar-refractivity contribution is 5.97. The largest absolute Gasteiger partial charge is 0.467 e. The van der Waals surface area contributed by atoms with Crippen LogP contribution >= 0.6 is 0 Å². The number of ether oxygens (including phenoxy) is 2. The third-order valence-corrected chi connectivity index (χ3v) is 4.44. The van der Waals surface area contributed by atoms with E-state index < -0.39 is 65.7 Å². The lowest BCUT2D eigenvalue weighted by Gasteiger charge is -2.27. The quantitative estimate of drug-likeness (QED) is 0.525. The minimum atomic E-state index is -5.09. The molecule has 15 heteroatoms. The van der Waals surface area contributed by atoms with Gasteiger partial charge in [-0.25, -0.2) is 4.98 Å². The van der Waals surface area contributed by atoms with Crippen molar-refractivity contribution in [3.05, 3.63) is 17.3 Å². The molecular weight excluding hydrogens is 454 g/mol. The maximum atomic E-state index is 13.3. The van der Waals surface area contributed by atoms with Gasteiger partial charge in [0, 0.05) is 13.1 Å². The molecule has 0 radical (unpaired) electrons. The molecule has 0 bridgehead atoms. The first-order chi connectivity index (χ1) is 14.6. The van der Waals surface area contributed by atoms with E-state index in [2.05, 4.69) is 4.98 Å². The SMILES string of the molecule is CC(O)(CNC(=O)c1nc(OCC(=O)N2CCOCC2)c(C(F)(F)F)cc1N)C(F)(F)F. The van der Waals surface area contributed by atoms with Crippen molar-refractivity contribution in [2.24, 2.45) is 0 Å². The summed E-state index contributed by atoms with van der Waals surface area (Å²) in [5.41, 5.74) is -1.03. The number of aromatic nitrogens is 1. The number of nitrogens with two attached hydrogens (primary N) is 1.